The van der Waals surface area contributed by atoms with E-state index in [1.54, 1.807) is 12.1 Å². The van der Waals surface area contributed by atoms with E-state index in [2.05, 4.69) is 16.0 Å². The summed E-state index contributed by atoms with van der Waals surface area (Å²) in [6.07, 6.45) is 3.26. The second kappa shape index (κ2) is 10.4. The lowest BCUT2D eigenvalue weighted by Gasteiger charge is -2.29. The number of halogens is 1. The molecular weight excluding hydrogens is 474 g/mol. The molecule has 3 aromatic rings. The summed E-state index contributed by atoms with van der Waals surface area (Å²) in [5.74, 6) is 0.994. The number of hydrogen-bond acceptors (Lipinski definition) is 7. The third-order valence-corrected chi connectivity index (χ3v) is 6.44. The maximum Gasteiger partial charge on any atom is 0.247 e. The highest BCUT2D eigenvalue weighted by atomic mass is 35.5. The van der Waals surface area contributed by atoms with E-state index in [4.69, 9.17) is 21.1 Å². The second-order valence-corrected chi connectivity index (χ2v) is 10.6. The summed E-state index contributed by atoms with van der Waals surface area (Å²) in [6.45, 7) is 6.55. The van der Waals surface area contributed by atoms with Crippen molar-refractivity contribution in [3.63, 3.8) is 0 Å². The lowest BCUT2D eigenvalue weighted by molar-refractivity contribution is 0.292. The quantitative estimate of drug-likeness (QED) is 0.377. The number of sulfone groups is 1. The van der Waals surface area contributed by atoms with Crippen LogP contribution in [0, 0.1) is 11.3 Å². The molecule has 9 heteroatoms. The Morgan fingerprint density at radius 3 is 2.56 bits per heavy atom. The Morgan fingerprint density at radius 2 is 1.88 bits per heavy atom. The van der Waals surface area contributed by atoms with E-state index in [1.165, 1.54) is 6.20 Å². The van der Waals surface area contributed by atoms with Crippen molar-refractivity contribution in [2.24, 2.45) is 0 Å². The Morgan fingerprint density at radius 1 is 1.15 bits per heavy atom. The highest BCUT2D eigenvalue weighted by molar-refractivity contribution is 7.90. The van der Waals surface area contributed by atoms with Gasteiger partial charge in [-0.15, -0.1) is 0 Å². The molecule has 0 aliphatic carbocycles. The molecule has 0 unspecified atom stereocenters. The van der Waals surface area contributed by atoms with Crippen molar-refractivity contribution in [1.29, 1.82) is 5.26 Å². The van der Waals surface area contributed by atoms with Crippen LogP contribution in [0.15, 0.2) is 53.8 Å². The van der Waals surface area contributed by atoms with Crippen molar-refractivity contribution in [1.82, 2.24) is 9.97 Å². The van der Waals surface area contributed by atoms with Crippen LogP contribution in [0.2, 0.25) is 5.02 Å². The van der Waals surface area contributed by atoms with Gasteiger partial charge in [0.2, 0.25) is 15.0 Å². The predicted octanol–water partition coefficient (Wildman–Crippen LogP) is 5.10. The fraction of sp³-hybridized carbons (Fsp3) is 0.320. The SMILES string of the molecule is CCCOc1c(Cl)cc(C(C)(C)c2ccccc2OCc2ccnc(S(C)(=O)=O)n2)cc1C#N. The first kappa shape index (κ1) is 25.5. The van der Waals surface area contributed by atoms with Gasteiger partial charge in [0.15, 0.2) is 5.75 Å². The number of nitrogens with zero attached hydrogens (tertiary/aromatic N) is 3. The van der Waals surface area contributed by atoms with E-state index in [-0.39, 0.29) is 11.8 Å². The zero-order valence-electron chi connectivity index (χ0n) is 19.5. The molecule has 0 N–H and O–H groups in total. The second-order valence-electron chi connectivity index (χ2n) is 8.31. The normalized spacial score (nSPS) is 11.6. The average molecular weight is 500 g/mol. The fourth-order valence-electron chi connectivity index (χ4n) is 3.44. The molecule has 178 valence electrons. The molecule has 0 bridgehead atoms. The van der Waals surface area contributed by atoms with Crippen LogP contribution >= 0.6 is 11.6 Å². The molecule has 0 saturated carbocycles. The van der Waals surface area contributed by atoms with E-state index < -0.39 is 15.3 Å². The number of para-hydroxylation sites is 1. The average Bonchev–Trinajstić information content (AvgIpc) is 2.81. The molecule has 2 aromatic carbocycles. The molecule has 0 fully saturated rings. The summed E-state index contributed by atoms with van der Waals surface area (Å²) < 4.78 is 35.3. The first-order chi connectivity index (χ1) is 16.1. The van der Waals surface area contributed by atoms with Crippen LogP contribution in [-0.2, 0) is 21.9 Å². The number of benzene rings is 2. The standard InChI is InChI=1S/C25H26ClN3O4S/c1-5-12-32-23-17(15-27)13-18(14-21(23)26)25(2,3)20-8-6-7-9-22(20)33-16-19-10-11-28-24(29-19)34(4,30)31/h6-11,13-14H,5,12,16H2,1-4H3. The Balaban J connectivity index is 1.94. The Kier molecular flexibility index (Phi) is 7.80. The van der Waals surface area contributed by atoms with Gasteiger partial charge in [-0.05, 0) is 36.2 Å². The van der Waals surface area contributed by atoms with Gasteiger partial charge in [-0.2, -0.15) is 5.26 Å². The zero-order valence-corrected chi connectivity index (χ0v) is 21.1. The summed E-state index contributed by atoms with van der Waals surface area (Å²) in [4.78, 5) is 7.89. The molecule has 0 radical (unpaired) electrons. The van der Waals surface area contributed by atoms with Crippen LogP contribution < -0.4 is 9.47 Å². The number of rotatable bonds is 9. The third-order valence-electron chi connectivity index (χ3n) is 5.30. The monoisotopic (exact) mass is 499 g/mol. The maximum atomic E-state index is 11.8. The van der Waals surface area contributed by atoms with Gasteiger partial charge >= 0.3 is 0 Å². The smallest absolute Gasteiger partial charge is 0.247 e. The van der Waals surface area contributed by atoms with Gasteiger partial charge in [0.1, 0.15) is 18.4 Å². The van der Waals surface area contributed by atoms with Crippen molar-refractivity contribution in [2.75, 3.05) is 12.9 Å². The molecular formula is C25H26ClN3O4S. The van der Waals surface area contributed by atoms with Gasteiger partial charge in [-0.1, -0.05) is 50.6 Å². The fourth-order valence-corrected chi connectivity index (χ4v) is 4.25. The van der Waals surface area contributed by atoms with Gasteiger partial charge in [-0.25, -0.2) is 18.4 Å². The molecule has 7 nitrogen and oxygen atoms in total. The summed E-state index contributed by atoms with van der Waals surface area (Å²) in [5, 5.41) is 9.81. The van der Waals surface area contributed by atoms with Crippen molar-refractivity contribution in [3.05, 3.63) is 76.1 Å². The van der Waals surface area contributed by atoms with Gasteiger partial charge < -0.3 is 9.47 Å². The minimum absolute atomic E-state index is 0.0616. The molecule has 0 atom stereocenters. The van der Waals surface area contributed by atoms with Gasteiger partial charge in [0.05, 0.1) is 22.9 Å². The number of ether oxygens (including phenoxy) is 2. The lowest BCUT2D eigenvalue weighted by atomic mass is 9.77. The van der Waals surface area contributed by atoms with E-state index >= 15 is 0 Å². The Hall–Kier alpha value is -3.15. The summed E-state index contributed by atoms with van der Waals surface area (Å²) >= 11 is 6.50. The van der Waals surface area contributed by atoms with Crippen LogP contribution in [0.1, 0.15) is 49.6 Å². The number of aromatic nitrogens is 2. The van der Waals surface area contributed by atoms with Crippen molar-refractivity contribution in [3.8, 4) is 17.6 Å². The van der Waals surface area contributed by atoms with E-state index in [1.807, 2.05) is 51.1 Å². The van der Waals surface area contributed by atoms with Gasteiger partial charge in [0, 0.05) is 23.4 Å². The minimum Gasteiger partial charge on any atom is -0.491 e. The molecule has 3 rings (SSSR count). The highest BCUT2D eigenvalue weighted by Gasteiger charge is 2.29. The van der Waals surface area contributed by atoms with Crippen LogP contribution in [0.25, 0.3) is 0 Å². The van der Waals surface area contributed by atoms with Crippen LogP contribution in [0.3, 0.4) is 0 Å². The van der Waals surface area contributed by atoms with Crippen molar-refractivity contribution in [2.45, 2.75) is 44.4 Å². The van der Waals surface area contributed by atoms with E-state index in [0.717, 1.165) is 23.8 Å². The molecule has 0 aliphatic heterocycles. The molecule has 0 amide bonds. The van der Waals surface area contributed by atoms with Gasteiger partial charge in [0.25, 0.3) is 0 Å². The van der Waals surface area contributed by atoms with Crippen molar-refractivity contribution >= 4 is 21.4 Å². The topological polar surface area (TPSA) is 102 Å². The maximum absolute atomic E-state index is 11.8. The van der Waals surface area contributed by atoms with Crippen LogP contribution in [0.4, 0.5) is 0 Å². The van der Waals surface area contributed by atoms with E-state index in [9.17, 15) is 13.7 Å². The largest absolute Gasteiger partial charge is 0.491 e. The molecule has 1 heterocycles. The third kappa shape index (κ3) is 5.66. The minimum atomic E-state index is -3.52. The van der Waals surface area contributed by atoms with E-state index in [0.29, 0.717) is 34.4 Å². The highest BCUT2D eigenvalue weighted by Crippen LogP contribution is 2.41. The molecule has 0 saturated heterocycles. The van der Waals surface area contributed by atoms with Crippen molar-refractivity contribution < 1.29 is 17.9 Å². The number of nitriles is 1. The zero-order chi connectivity index (χ0) is 24.9. The Bertz CT molecular complexity index is 1330. The molecule has 0 aliphatic rings. The summed E-state index contributed by atoms with van der Waals surface area (Å²) in [7, 11) is -3.52. The first-order valence-electron chi connectivity index (χ1n) is 10.7. The molecule has 34 heavy (non-hydrogen) atoms. The summed E-state index contributed by atoms with van der Waals surface area (Å²) in [6, 6.07) is 14.9. The summed E-state index contributed by atoms with van der Waals surface area (Å²) in [5.41, 5.74) is 1.94. The first-order valence-corrected chi connectivity index (χ1v) is 13.0. The Labute approximate surface area is 205 Å². The molecule has 0 spiro atoms. The van der Waals surface area contributed by atoms with Crippen LogP contribution in [-0.4, -0.2) is 31.2 Å². The van der Waals surface area contributed by atoms with Gasteiger partial charge in [-0.3, -0.25) is 0 Å². The lowest BCUT2D eigenvalue weighted by Crippen LogP contribution is -2.21. The van der Waals surface area contributed by atoms with Crippen LogP contribution in [0.5, 0.6) is 11.5 Å². The number of hydrogen-bond donors (Lipinski definition) is 0. The molecule has 1 aromatic heterocycles. The predicted molar refractivity (Wildman–Crippen MR) is 130 cm³/mol.